The maximum atomic E-state index is 9.27. The molecule has 0 aromatic carbocycles. The van der Waals surface area contributed by atoms with Crippen LogP contribution < -0.4 is 0 Å². The summed E-state index contributed by atoms with van der Waals surface area (Å²) >= 11 is 4.43. The number of hydrogen-bond donors (Lipinski definition) is 2. The quantitative estimate of drug-likeness (QED) is 0.693. The molecule has 3 heteroatoms. The summed E-state index contributed by atoms with van der Waals surface area (Å²) in [6.45, 7) is 5.95. The van der Waals surface area contributed by atoms with Gasteiger partial charge in [-0.25, -0.2) is 0 Å². The van der Waals surface area contributed by atoms with Crippen LogP contribution in [0.4, 0.5) is 0 Å². The van der Waals surface area contributed by atoms with Crippen LogP contribution in [0.3, 0.4) is 0 Å². The van der Waals surface area contributed by atoms with Gasteiger partial charge in [0.2, 0.25) is 0 Å². The molecule has 0 bridgehead atoms. The minimum absolute atomic E-state index is 0.159. The fourth-order valence-corrected chi connectivity index (χ4v) is 2.82. The van der Waals surface area contributed by atoms with Crippen molar-refractivity contribution in [2.75, 3.05) is 32.0 Å². The molecular formula is C11H21NOS. The monoisotopic (exact) mass is 215 g/mol. The topological polar surface area (TPSA) is 23.5 Å². The van der Waals surface area contributed by atoms with Gasteiger partial charge in [0.1, 0.15) is 0 Å². The van der Waals surface area contributed by atoms with Gasteiger partial charge in [0.05, 0.1) is 0 Å². The molecule has 2 nitrogen and oxygen atoms in total. The predicted molar refractivity (Wildman–Crippen MR) is 61.8 cm³/mol. The van der Waals surface area contributed by atoms with E-state index in [2.05, 4.69) is 24.5 Å². The molecule has 0 amide bonds. The molecule has 1 unspecified atom stereocenters. The number of aliphatic hydroxyl groups is 1. The minimum Gasteiger partial charge on any atom is -0.396 e. The van der Waals surface area contributed by atoms with Crippen molar-refractivity contribution in [1.82, 2.24) is 4.90 Å². The van der Waals surface area contributed by atoms with Crippen LogP contribution in [0, 0.1) is 10.8 Å². The van der Waals surface area contributed by atoms with Crippen molar-refractivity contribution in [1.29, 1.82) is 0 Å². The van der Waals surface area contributed by atoms with E-state index in [1.54, 1.807) is 0 Å². The highest BCUT2D eigenvalue weighted by Crippen LogP contribution is 2.48. The molecular weight excluding hydrogens is 194 g/mol. The summed E-state index contributed by atoms with van der Waals surface area (Å²) in [7, 11) is 0. The Morgan fingerprint density at radius 1 is 1.36 bits per heavy atom. The highest BCUT2D eigenvalue weighted by Gasteiger charge is 2.44. The molecule has 0 aromatic heterocycles. The molecule has 2 rings (SSSR count). The van der Waals surface area contributed by atoms with Crippen molar-refractivity contribution in [3.63, 3.8) is 0 Å². The van der Waals surface area contributed by atoms with E-state index in [4.69, 9.17) is 0 Å². The molecule has 1 N–H and O–H groups in total. The highest BCUT2D eigenvalue weighted by molar-refractivity contribution is 7.80. The lowest BCUT2D eigenvalue weighted by atomic mass is 9.91. The van der Waals surface area contributed by atoms with E-state index in [0.717, 1.165) is 25.3 Å². The second-order valence-corrected chi connectivity index (χ2v) is 5.90. The van der Waals surface area contributed by atoms with E-state index in [0.29, 0.717) is 12.0 Å². The Bertz CT molecular complexity index is 217. The van der Waals surface area contributed by atoms with E-state index in [1.165, 1.54) is 19.4 Å². The molecule has 14 heavy (non-hydrogen) atoms. The molecule has 0 spiro atoms. The van der Waals surface area contributed by atoms with Crippen LogP contribution in [0.2, 0.25) is 0 Å². The average molecular weight is 215 g/mol. The smallest absolute Gasteiger partial charge is 0.0497 e. The minimum atomic E-state index is 0.159. The molecule has 82 valence electrons. The van der Waals surface area contributed by atoms with Crippen molar-refractivity contribution in [2.45, 2.75) is 26.2 Å². The summed E-state index contributed by atoms with van der Waals surface area (Å²) in [4.78, 5) is 2.51. The third-order valence-electron chi connectivity index (χ3n) is 3.87. The van der Waals surface area contributed by atoms with Crippen LogP contribution in [-0.4, -0.2) is 42.0 Å². The van der Waals surface area contributed by atoms with Gasteiger partial charge in [-0.1, -0.05) is 6.92 Å². The fourth-order valence-electron chi connectivity index (χ4n) is 2.41. The first-order valence-corrected chi connectivity index (χ1v) is 6.19. The van der Waals surface area contributed by atoms with Gasteiger partial charge >= 0.3 is 0 Å². The Labute approximate surface area is 92.1 Å². The summed E-state index contributed by atoms with van der Waals surface area (Å²) in [6, 6.07) is 0. The zero-order valence-electron chi connectivity index (χ0n) is 9.00. The second kappa shape index (κ2) is 3.69. The number of hydrogen-bond acceptors (Lipinski definition) is 3. The molecule has 2 fully saturated rings. The fraction of sp³-hybridized carbons (Fsp3) is 1.00. The van der Waals surface area contributed by atoms with Crippen LogP contribution in [0.1, 0.15) is 26.2 Å². The molecule has 1 saturated heterocycles. The first-order chi connectivity index (χ1) is 6.61. The van der Waals surface area contributed by atoms with Crippen LogP contribution in [-0.2, 0) is 0 Å². The van der Waals surface area contributed by atoms with E-state index < -0.39 is 0 Å². The van der Waals surface area contributed by atoms with Crippen LogP contribution in [0.15, 0.2) is 0 Å². The normalized spacial score (nSPS) is 36.2. The summed E-state index contributed by atoms with van der Waals surface area (Å²) in [6.07, 6.45) is 3.85. The largest absolute Gasteiger partial charge is 0.396 e. The molecule has 1 saturated carbocycles. The van der Waals surface area contributed by atoms with Crippen molar-refractivity contribution in [2.24, 2.45) is 10.8 Å². The third kappa shape index (κ3) is 2.10. The molecule has 0 aromatic rings. The van der Waals surface area contributed by atoms with Gasteiger partial charge in [0.15, 0.2) is 0 Å². The Hall–Kier alpha value is 0.270. The van der Waals surface area contributed by atoms with Gasteiger partial charge in [0.25, 0.3) is 0 Å². The van der Waals surface area contributed by atoms with Crippen molar-refractivity contribution in [3.8, 4) is 0 Å². The Balaban J connectivity index is 1.84. The van der Waals surface area contributed by atoms with Crippen molar-refractivity contribution in [3.05, 3.63) is 0 Å². The van der Waals surface area contributed by atoms with Gasteiger partial charge < -0.3 is 10.0 Å². The van der Waals surface area contributed by atoms with Gasteiger partial charge in [-0.05, 0) is 37.0 Å². The lowest BCUT2D eigenvalue weighted by Crippen LogP contribution is -2.32. The maximum Gasteiger partial charge on any atom is 0.0497 e. The Morgan fingerprint density at radius 3 is 2.50 bits per heavy atom. The van der Waals surface area contributed by atoms with Gasteiger partial charge in [0, 0.05) is 25.1 Å². The second-order valence-electron chi connectivity index (χ2n) is 5.59. The Kier molecular flexibility index (Phi) is 2.84. The average Bonchev–Trinajstić information content (AvgIpc) is 2.86. The SMILES string of the molecule is CC1(CO)CCN(CC2(CS)CC2)C1. The standard InChI is InChI=1S/C11H21NOS/c1-10(8-13)4-5-12(6-10)7-11(9-14)2-3-11/h13-14H,2-9H2,1H3. The highest BCUT2D eigenvalue weighted by atomic mass is 32.1. The maximum absolute atomic E-state index is 9.27. The lowest BCUT2D eigenvalue weighted by Gasteiger charge is -2.25. The third-order valence-corrected chi connectivity index (χ3v) is 4.54. The molecule has 1 aliphatic carbocycles. The van der Waals surface area contributed by atoms with E-state index in [1.807, 2.05) is 0 Å². The number of aliphatic hydroxyl groups excluding tert-OH is 1. The summed E-state index contributed by atoms with van der Waals surface area (Å²) in [5.74, 6) is 1.03. The lowest BCUT2D eigenvalue weighted by molar-refractivity contribution is 0.141. The van der Waals surface area contributed by atoms with Crippen LogP contribution >= 0.6 is 12.6 Å². The Morgan fingerprint density at radius 2 is 2.07 bits per heavy atom. The van der Waals surface area contributed by atoms with E-state index in [9.17, 15) is 5.11 Å². The van der Waals surface area contributed by atoms with E-state index in [-0.39, 0.29) is 5.41 Å². The number of likely N-dealkylation sites (tertiary alicyclic amines) is 1. The first kappa shape index (κ1) is 10.8. The molecule has 0 radical (unpaired) electrons. The van der Waals surface area contributed by atoms with Crippen LogP contribution in [0.5, 0.6) is 0 Å². The molecule has 2 aliphatic rings. The van der Waals surface area contributed by atoms with Crippen molar-refractivity contribution >= 4 is 12.6 Å². The summed E-state index contributed by atoms with van der Waals surface area (Å²) in [5.41, 5.74) is 0.691. The van der Waals surface area contributed by atoms with Crippen LogP contribution in [0.25, 0.3) is 0 Å². The molecule has 1 aliphatic heterocycles. The zero-order chi connectivity index (χ0) is 10.2. The molecule has 1 heterocycles. The number of rotatable bonds is 4. The van der Waals surface area contributed by atoms with Gasteiger partial charge in [-0.15, -0.1) is 0 Å². The zero-order valence-corrected chi connectivity index (χ0v) is 9.89. The predicted octanol–water partition coefficient (Wildman–Crippen LogP) is 1.40. The van der Waals surface area contributed by atoms with Crippen molar-refractivity contribution < 1.29 is 5.11 Å². The number of thiol groups is 1. The van der Waals surface area contributed by atoms with Gasteiger partial charge in [-0.3, -0.25) is 0 Å². The first-order valence-electron chi connectivity index (χ1n) is 5.56. The summed E-state index contributed by atoms with van der Waals surface area (Å²) < 4.78 is 0. The van der Waals surface area contributed by atoms with Gasteiger partial charge in [-0.2, -0.15) is 12.6 Å². The summed E-state index contributed by atoms with van der Waals surface area (Å²) in [5, 5.41) is 9.27. The van der Waals surface area contributed by atoms with E-state index >= 15 is 0 Å². The molecule has 1 atom stereocenters. The number of nitrogens with zero attached hydrogens (tertiary/aromatic N) is 1.